The summed E-state index contributed by atoms with van der Waals surface area (Å²) in [5.74, 6) is 3.03. The largest absolute Gasteiger partial charge is 0.493 e. The zero-order valence-corrected chi connectivity index (χ0v) is 13.3. The highest BCUT2D eigenvalue weighted by Crippen LogP contribution is 2.26. The fourth-order valence-corrected chi connectivity index (χ4v) is 2.20. The van der Waals surface area contributed by atoms with Gasteiger partial charge in [-0.3, -0.25) is 0 Å². The Kier molecular flexibility index (Phi) is 5.93. The van der Waals surface area contributed by atoms with E-state index >= 15 is 0 Å². The van der Waals surface area contributed by atoms with Crippen LogP contribution in [0.1, 0.15) is 24.7 Å². The molecule has 114 valence electrons. The molecule has 5 heteroatoms. The van der Waals surface area contributed by atoms with Gasteiger partial charge in [0.15, 0.2) is 0 Å². The van der Waals surface area contributed by atoms with Crippen molar-refractivity contribution in [3.63, 3.8) is 0 Å². The summed E-state index contributed by atoms with van der Waals surface area (Å²) in [6, 6.07) is 5.79. The highest BCUT2D eigenvalue weighted by atomic mass is 35.5. The molecule has 2 rings (SSSR count). The third-order valence-corrected chi connectivity index (χ3v) is 3.45. The second kappa shape index (κ2) is 7.93. The first-order chi connectivity index (χ1) is 10.2. The van der Waals surface area contributed by atoms with Crippen molar-refractivity contribution in [1.29, 1.82) is 0 Å². The molecule has 0 aliphatic rings. The standard InChI is InChI=1S/C16H21ClN2O2/c1-3-9-20-14-5-4-13(12-17)15(11-14)21-10-6-16-18-7-8-19(16)2/h4-5,7-8,11H,3,6,9-10,12H2,1-2H3. The fraction of sp³-hybridized carbons (Fsp3) is 0.438. The Labute approximate surface area is 130 Å². The lowest BCUT2D eigenvalue weighted by molar-refractivity contribution is 0.300. The van der Waals surface area contributed by atoms with Crippen molar-refractivity contribution in [2.75, 3.05) is 13.2 Å². The number of benzene rings is 1. The van der Waals surface area contributed by atoms with Crippen LogP contribution in [0, 0.1) is 0 Å². The van der Waals surface area contributed by atoms with Crippen LogP contribution in [0.3, 0.4) is 0 Å². The van der Waals surface area contributed by atoms with E-state index in [0.29, 0.717) is 19.1 Å². The number of nitrogens with zero attached hydrogens (tertiary/aromatic N) is 2. The van der Waals surface area contributed by atoms with Crippen molar-refractivity contribution in [1.82, 2.24) is 9.55 Å². The topological polar surface area (TPSA) is 36.3 Å². The molecule has 2 aromatic rings. The lowest BCUT2D eigenvalue weighted by atomic mass is 10.2. The summed E-state index contributed by atoms with van der Waals surface area (Å²) in [5.41, 5.74) is 0.973. The number of aromatic nitrogens is 2. The third-order valence-electron chi connectivity index (χ3n) is 3.16. The van der Waals surface area contributed by atoms with Gasteiger partial charge in [-0.1, -0.05) is 13.0 Å². The molecule has 1 heterocycles. The van der Waals surface area contributed by atoms with E-state index in [0.717, 1.165) is 35.7 Å². The molecule has 21 heavy (non-hydrogen) atoms. The molecule has 0 N–H and O–H groups in total. The lowest BCUT2D eigenvalue weighted by Gasteiger charge is -2.12. The molecule has 1 aromatic carbocycles. The van der Waals surface area contributed by atoms with E-state index in [-0.39, 0.29) is 0 Å². The molecule has 0 spiro atoms. The summed E-state index contributed by atoms with van der Waals surface area (Å²) >= 11 is 5.96. The monoisotopic (exact) mass is 308 g/mol. The van der Waals surface area contributed by atoms with Crippen LogP contribution in [-0.2, 0) is 19.3 Å². The molecule has 0 fully saturated rings. The van der Waals surface area contributed by atoms with Gasteiger partial charge in [0, 0.05) is 37.5 Å². The maximum absolute atomic E-state index is 5.96. The maximum atomic E-state index is 5.96. The number of imidazole rings is 1. The minimum atomic E-state index is 0.422. The molecule has 0 saturated carbocycles. The van der Waals surface area contributed by atoms with E-state index in [4.69, 9.17) is 21.1 Å². The number of halogens is 1. The van der Waals surface area contributed by atoms with Gasteiger partial charge in [0.1, 0.15) is 17.3 Å². The van der Waals surface area contributed by atoms with Crippen LogP contribution < -0.4 is 9.47 Å². The zero-order valence-electron chi connectivity index (χ0n) is 12.5. The molecule has 1 aromatic heterocycles. The van der Waals surface area contributed by atoms with Crippen LogP contribution in [0.5, 0.6) is 11.5 Å². The Bertz CT molecular complexity index is 569. The smallest absolute Gasteiger partial charge is 0.127 e. The first kappa shape index (κ1) is 15.7. The van der Waals surface area contributed by atoms with Crippen molar-refractivity contribution in [2.24, 2.45) is 7.05 Å². The van der Waals surface area contributed by atoms with Crippen molar-refractivity contribution in [3.05, 3.63) is 42.0 Å². The van der Waals surface area contributed by atoms with Crippen LogP contribution in [-0.4, -0.2) is 22.8 Å². The molecule has 0 atom stereocenters. The second-order valence-corrected chi connectivity index (χ2v) is 5.07. The molecule has 0 amide bonds. The first-order valence-corrected chi connectivity index (χ1v) is 7.68. The number of aryl methyl sites for hydroxylation is 1. The summed E-state index contributed by atoms with van der Waals surface area (Å²) in [7, 11) is 1.98. The quantitative estimate of drug-likeness (QED) is 0.700. The van der Waals surface area contributed by atoms with Gasteiger partial charge < -0.3 is 14.0 Å². The van der Waals surface area contributed by atoms with Crippen molar-refractivity contribution in [2.45, 2.75) is 25.6 Å². The van der Waals surface area contributed by atoms with Gasteiger partial charge in [0.2, 0.25) is 0 Å². The van der Waals surface area contributed by atoms with E-state index in [1.54, 1.807) is 6.20 Å². The number of alkyl halides is 1. The summed E-state index contributed by atoms with van der Waals surface area (Å²) in [6.45, 7) is 3.34. The molecule has 0 aliphatic heterocycles. The van der Waals surface area contributed by atoms with Crippen LogP contribution in [0.15, 0.2) is 30.6 Å². The Morgan fingerprint density at radius 1 is 1.24 bits per heavy atom. The minimum absolute atomic E-state index is 0.422. The predicted octanol–water partition coefficient (Wildman–Crippen LogP) is 3.57. The SMILES string of the molecule is CCCOc1ccc(CCl)c(OCCc2nccn2C)c1. The van der Waals surface area contributed by atoms with E-state index in [2.05, 4.69) is 11.9 Å². The van der Waals surface area contributed by atoms with Gasteiger partial charge in [-0.05, 0) is 12.5 Å². The van der Waals surface area contributed by atoms with Crippen molar-refractivity contribution in [3.8, 4) is 11.5 Å². The third kappa shape index (κ3) is 4.39. The normalized spacial score (nSPS) is 10.6. The summed E-state index contributed by atoms with van der Waals surface area (Å²) in [6.07, 6.45) is 5.45. The van der Waals surface area contributed by atoms with E-state index in [1.807, 2.05) is 36.0 Å². The van der Waals surface area contributed by atoms with E-state index in [9.17, 15) is 0 Å². The Balaban J connectivity index is 1.98. The number of ether oxygens (including phenoxy) is 2. The summed E-state index contributed by atoms with van der Waals surface area (Å²) < 4.78 is 13.5. The van der Waals surface area contributed by atoms with Gasteiger partial charge >= 0.3 is 0 Å². The summed E-state index contributed by atoms with van der Waals surface area (Å²) in [4.78, 5) is 4.28. The van der Waals surface area contributed by atoms with Gasteiger partial charge in [-0.25, -0.2) is 4.98 Å². The molecule has 0 aliphatic carbocycles. The predicted molar refractivity (Wildman–Crippen MR) is 84.2 cm³/mol. The number of hydrogen-bond acceptors (Lipinski definition) is 3. The highest BCUT2D eigenvalue weighted by molar-refractivity contribution is 6.17. The fourth-order valence-electron chi connectivity index (χ4n) is 1.98. The maximum Gasteiger partial charge on any atom is 0.127 e. The van der Waals surface area contributed by atoms with Gasteiger partial charge in [-0.15, -0.1) is 11.6 Å². The minimum Gasteiger partial charge on any atom is -0.493 e. The van der Waals surface area contributed by atoms with E-state index in [1.165, 1.54) is 0 Å². The lowest BCUT2D eigenvalue weighted by Crippen LogP contribution is -2.07. The van der Waals surface area contributed by atoms with Crippen molar-refractivity contribution < 1.29 is 9.47 Å². The average Bonchev–Trinajstić information content (AvgIpc) is 2.91. The molecular weight excluding hydrogens is 288 g/mol. The van der Waals surface area contributed by atoms with Crippen LogP contribution in [0.4, 0.5) is 0 Å². The van der Waals surface area contributed by atoms with Gasteiger partial charge in [0.05, 0.1) is 19.1 Å². The molecule has 0 unspecified atom stereocenters. The van der Waals surface area contributed by atoms with Gasteiger partial charge in [-0.2, -0.15) is 0 Å². The zero-order chi connectivity index (χ0) is 15.1. The van der Waals surface area contributed by atoms with Gasteiger partial charge in [0.25, 0.3) is 0 Å². The van der Waals surface area contributed by atoms with Crippen molar-refractivity contribution >= 4 is 11.6 Å². The van der Waals surface area contributed by atoms with E-state index < -0.39 is 0 Å². The highest BCUT2D eigenvalue weighted by Gasteiger charge is 2.07. The second-order valence-electron chi connectivity index (χ2n) is 4.80. The summed E-state index contributed by atoms with van der Waals surface area (Å²) in [5, 5.41) is 0. The number of hydrogen-bond donors (Lipinski definition) is 0. The molecule has 0 saturated heterocycles. The van der Waals surface area contributed by atoms with Crippen LogP contribution in [0.2, 0.25) is 0 Å². The Morgan fingerprint density at radius 3 is 2.76 bits per heavy atom. The average molecular weight is 309 g/mol. The molecule has 0 radical (unpaired) electrons. The van der Waals surface area contributed by atoms with Crippen LogP contribution >= 0.6 is 11.6 Å². The molecule has 4 nitrogen and oxygen atoms in total. The Morgan fingerprint density at radius 2 is 2.10 bits per heavy atom. The molecule has 0 bridgehead atoms. The molecular formula is C16H21ClN2O2. The van der Waals surface area contributed by atoms with Crippen LogP contribution in [0.25, 0.3) is 0 Å². The first-order valence-electron chi connectivity index (χ1n) is 7.15. The Hall–Kier alpha value is -1.68. The number of rotatable bonds is 8.